The standard InChI is InChI=1S/C18H28N5O6P/c1-3-27-30(24,28-4-2)10-8-14(29-15-7-5-6-9-25-15)11-26-23-13-22-16-17(19)20-12-21-18(16)23/h8,10,12-15H,3-7,9,11H2,1-2H3,(H2,19,20,21)/t14-,15+/m1/s1. The van der Waals surface area contributed by atoms with Gasteiger partial charge in [-0.2, -0.15) is 4.73 Å². The van der Waals surface area contributed by atoms with Crippen LogP contribution in [0.2, 0.25) is 0 Å². The summed E-state index contributed by atoms with van der Waals surface area (Å²) in [4.78, 5) is 18.0. The van der Waals surface area contributed by atoms with Gasteiger partial charge in [-0.15, -0.1) is 0 Å². The molecule has 0 bridgehead atoms. The maximum absolute atomic E-state index is 12.8. The number of hydrogen-bond donors (Lipinski definition) is 1. The summed E-state index contributed by atoms with van der Waals surface area (Å²) >= 11 is 0. The highest BCUT2D eigenvalue weighted by Crippen LogP contribution is 2.49. The van der Waals surface area contributed by atoms with Crippen molar-refractivity contribution in [3.63, 3.8) is 0 Å². The van der Waals surface area contributed by atoms with Gasteiger partial charge in [0.1, 0.15) is 25.4 Å². The van der Waals surface area contributed by atoms with Crippen molar-refractivity contribution in [1.82, 2.24) is 19.7 Å². The molecule has 3 heterocycles. The van der Waals surface area contributed by atoms with Crippen LogP contribution in [0.15, 0.2) is 24.5 Å². The number of nitrogen functional groups attached to an aromatic ring is 1. The van der Waals surface area contributed by atoms with Crippen molar-refractivity contribution in [1.29, 1.82) is 0 Å². The average Bonchev–Trinajstić information content (AvgIpc) is 3.16. The summed E-state index contributed by atoms with van der Waals surface area (Å²) in [5.74, 6) is 1.67. The van der Waals surface area contributed by atoms with E-state index in [9.17, 15) is 4.57 Å². The lowest BCUT2D eigenvalue weighted by molar-refractivity contribution is -0.187. The molecule has 166 valence electrons. The summed E-state index contributed by atoms with van der Waals surface area (Å²) in [6.07, 6.45) is 6.27. The molecule has 2 atom stereocenters. The predicted molar refractivity (Wildman–Crippen MR) is 110 cm³/mol. The normalized spacial score (nSPS) is 18.8. The molecule has 11 nitrogen and oxygen atoms in total. The molecule has 0 unspecified atom stereocenters. The monoisotopic (exact) mass is 441 g/mol. The fraction of sp³-hybridized carbons (Fsp3) is 0.611. The van der Waals surface area contributed by atoms with Crippen molar-refractivity contribution >= 4 is 24.6 Å². The van der Waals surface area contributed by atoms with Crippen LogP contribution in [0.1, 0.15) is 33.1 Å². The van der Waals surface area contributed by atoms with Gasteiger partial charge in [-0.25, -0.2) is 15.0 Å². The first kappa shape index (κ1) is 22.6. The van der Waals surface area contributed by atoms with Crippen LogP contribution in [0, 0.1) is 0 Å². The van der Waals surface area contributed by atoms with Crippen LogP contribution in [-0.2, 0) is 23.1 Å². The lowest BCUT2D eigenvalue weighted by Gasteiger charge is -2.26. The molecule has 3 rings (SSSR count). The van der Waals surface area contributed by atoms with Gasteiger partial charge in [-0.3, -0.25) is 4.57 Å². The molecule has 30 heavy (non-hydrogen) atoms. The first-order chi connectivity index (χ1) is 14.5. The Morgan fingerprint density at radius 2 is 2.10 bits per heavy atom. The van der Waals surface area contributed by atoms with Gasteiger partial charge in [0.15, 0.2) is 17.6 Å². The number of imidazole rings is 1. The van der Waals surface area contributed by atoms with Crippen molar-refractivity contribution in [3.8, 4) is 0 Å². The van der Waals surface area contributed by atoms with Crippen molar-refractivity contribution < 1.29 is 27.9 Å². The van der Waals surface area contributed by atoms with Crippen LogP contribution in [-0.4, -0.2) is 58.5 Å². The van der Waals surface area contributed by atoms with Gasteiger partial charge in [0.25, 0.3) is 0 Å². The van der Waals surface area contributed by atoms with Gasteiger partial charge >= 0.3 is 7.60 Å². The molecule has 0 aromatic carbocycles. The van der Waals surface area contributed by atoms with E-state index in [1.807, 2.05) is 0 Å². The fourth-order valence-electron chi connectivity index (χ4n) is 2.92. The van der Waals surface area contributed by atoms with Gasteiger partial charge < -0.3 is 29.1 Å². The lowest BCUT2D eigenvalue weighted by atomic mass is 10.2. The topological polar surface area (TPSA) is 133 Å². The third kappa shape index (κ3) is 5.99. The zero-order valence-corrected chi connectivity index (χ0v) is 18.1. The van der Waals surface area contributed by atoms with E-state index in [2.05, 4.69) is 15.0 Å². The molecule has 0 spiro atoms. The Morgan fingerprint density at radius 3 is 2.80 bits per heavy atom. The molecule has 2 aromatic rings. The number of rotatable bonds is 11. The first-order valence-corrected chi connectivity index (χ1v) is 11.6. The summed E-state index contributed by atoms with van der Waals surface area (Å²) in [6, 6.07) is 0. The van der Waals surface area contributed by atoms with Crippen molar-refractivity contribution in [2.75, 3.05) is 32.2 Å². The molecular formula is C18H28N5O6P. The summed E-state index contributed by atoms with van der Waals surface area (Å²) < 4.78 is 36.4. The van der Waals surface area contributed by atoms with E-state index in [4.69, 9.17) is 29.1 Å². The minimum Gasteiger partial charge on any atom is -0.408 e. The van der Waals surface area contributed by atoms with Gasteiger partial charge in [0, 0.05) is 12.4 Å². The molecule has 1 fully saturated rings. The van der Waals surface area contributed by atoms with Gasteiger partial charge in [-0.05, 0) is 39.2 Å². The molecule has 0 aliphatic carbocycles. The lowest BCUT2D eigenvalue weighted by Crippen LogP contribution is -2.32. The van der Waals surface area contributed by atoms with Crippen molar-refractivity contribution in [3.05, 3.63) is 24.5 Å². The van der Waals surface area contributed by atoms with Crippen LogP contribution in [0.25, 0.3) is 11.2 Å². The van der Waals surface area contributed by atoms with Crippen LogP contribution in [0.3, 0.4) is 0 Å². The number of ether oxygens (including phenoxy) is 2. The molecule has 1 saturated heterocycles. The van der Waals surface area contributed by atoms with Gasteiger partial charge in [0.2, 0.25) is 5.65 Å². The van der Waals surface area contributed by atoms with Crippen LogP contribution in [0.4, 0.5) is 5.82 Å². The molecule has 12 heteroatoms. The highest BCUT2D eigenvalue weighted by molar-refractivity contribution is 7.57. The molecule has 0 amide bonds. The van der Waals surface area contributed by atoms with E-state index >= 15 is 0 Å². The summed E-state index contributed by atoms with van der Waals surface area (Å²) in [5, 5.41) is 0. The number of nitrogens with two attached hydrogens (primary N) is 1. The Morgan fingerprint density at radius 1 is 1.30 bits per heavy atom. The third-order valence-electron chi connectivity index (χ3n) is 4.28. The summed E-state index contributed by atoms with van der Waals surface area (Å²) in [6.45, 7) is 4.76. The maximum atomic E-state index is 12.8. The Labute approximate surface area is 175 Å². The average molecular weight is 441 g/mol. The van der Waals surface area contributed by atoms with Crippen molar-refractivity contribution in [2.24, 2.45) is 0 Å². The van der Waals surface area contributed by atoms with E-state index in [-0.39, 0.29) is 31.9 Å². The van der Waals surface area contributed by atoms with E-state index in [0.29, 0.717) is 17.8 Å². The number of hydrogen-bond acceptors (Lipinski definition) is 10. The molecule has 0 radical (unpaired) electrons. The fourth-order valence-corrected chi connectivity index (χ4v) is 4.29. The van der Waals surface area contributed by atoms with Crippen molar-refractivity contribution in [2.45, 2.75) is 45.5 Å². The van der Waals surface area contributed by atoms with Gasteiger partial charge in [0.05, 0.1) is 13.2 Å². The zero-order valence-electron chi connectivity index (χ0n) is 17.2. The SMILES string of the molecule is CCOP(=O)(C=C[C@H](COn1cnc2c(N)ncnc21)O[C@H]1CCCCO1)OCC. The molecule has 2 N–H and O–H groups in total. The minimum absolute atomic E-state index is 0.0873. The second-order valence-corrected chi connectivity index (χ2v) is 8.38. The van der Waals surface area contributed by atoms with E-state index in [1.165, 1.54) is 23.2 Å². The number of nitrogens with zero attached hydrogens (tertiary/aromatic N) is 4. The van der Waals surface area contributed by atoms with Crippen LogP contribution >= 0.6 is 7.60 Å². The zero-order chi connectivity index (χ0) is 21.4. The van der Waals surface area contributed by atoms with Crippen LogP contribution in [0.5, 0.6) is 0 Å². The highest BCUT2D eigenvalue weighted by Gasteiger charge is 2.23. The molecule has 1 aliphatic rings. The Kier molecular flexibility index (Phi) is 8.17. The minimum atomic E-state index is -3.37. The Bertz CT molecular complexity index is 875. The largest absolute Gasteiger partial charge is 0.408 e. The smallest absolute Gasteiger partial charge is 0.353 e. The third-order valence-corrected chi connectivity index (χ3v) is 6.05. The molecule has 0 saturated carbocycles. The van der Waals surface area contributed by atoms with E-state index in [1.54, 1.807) is 19.9 Å². The number of anilines is 1. The Hall–Kier alpha value is -2.04. The van der Waals surface area contributed by atoms with Crippen LogP contribution < -0.4 is 10.6 Å². The molecular weight excluding hydrogens is 413 g/mol. The predicted octanol–water partition coefficient (Wildman–Crippen LogP) is 2.53. The highest BCUT2D eigenvalue weighted by atomic mass is 31.2. The second-order valence-electron chi connectivity index (χ2n) is 6.48. The quantitative estimate of drug-likeness (QED) is 0.519. The van der Waals surface area contributed by atoms with E-state index in [0.717, 1.165) is 19.3 Å². The molecule has 2 aromatic heterocycles. The number of aromatic nitrogens is 4. The second kappa shape index (κ2) is 10.8. The molecule has 1 aliphatic heterocycles. The summed E-state index contributed by atoms with van der Waals surface area (Å²) in [7, 11) is -3.37. The number of fused-ring (bicyclic) bond motifs is 1. The first-order valence-electron chi connectivity index (χ1n) is 9.96. The summed E-state index contributed by atoms with van der Waals surface area (Å²) in [5.41, 5.74) is 6.69. The van der Waals surface area contributed by atoms with Gasteiger partial charge in [-0.1, -0.05) is 0 Å². The Balaban J connectivity index is 1.73. The van der Waals surface area contributed by atoms with E-state index < -0.39 is 13.7 Å². The maximum Gasteiger partial charge on any atom is 0.353 e.